The van der Waals surface area contributed by atoms with E-state index >= 15 is 0 Å². The highest BCUT2D eigenvalue weighted by Crippen LogP contribution is 2.42. The number of rotatable bonds is 4. The lowest BCUT2D eigenvalue weighted by molar-refractivity contribution is -0.192. The van der Waals surface area contributed by atoms with E-state index in [-0.39, 0.29) is 25.7 Å². The molecule has 0 amide bonds. The highest BCUT2D eigenvalue weighted by Gasteiger charge is 2.44. The zero-order chi connectivity index (χ0) is 14.6. The number of hydrogen-bond donors (Lipinski definition) is 1. The van der Waals surface area contributed by atoms with Gasteiger partial charge in [-0.2, -0.15) is 13.2 Å². The Morgan fingerprint density at radius 1 is 1.10 bits per heavy atom. The Bertz CT molecular complexity index is 405. The monoisotopic (exact) mass is 286 g/mol. The molecular weight excluding hydrogens is 265 g/mol. The second-order valence-corrected chi connectivity index (χ2v) is 5.88. The molecule has 0 aliphatic heterocycles. The van der Waals surface area contributed by atoms with E-state index in [4.69, 9.17) is 0 Å². The predicted octanol–water partition coefficient (Wildman–Crippen LogP) is 4.49. The predicted molar refractivity (Wildman–Crippen MR) is 72.3 cm³/mol. The number of alkyl halides is 3. The van der Waals surface area contributed by atoms with Crippen molar-refractivity contribution in [3.05, 3.63) is 35.9 Å². The third kappa shape index (κ3) is 4.23. The van der Waals surface area contributed by atoms with Crippen molar-refractivity contribution in [2.75, 3.05) is 0 Å². The van der Waals surface area contributed by atoms with Crippen LogP contribution in [0.4, 0.5) is 13.2 Å². The molecule has 112 valence electrons. The normalized spacial score (nSPS) is 27.5. The zero-order valence-corrected chi connectivity index (χ0v) is 11.5. The molecule has 1 saturated carbocycles. The van der Waals surface area contributed by atoms with Crippen molar-refractivity contribution in [2.45, 2.75) is 56.7 Å². The molecule has 1 aromatic rings. The maximum atomic E-state index is 12.6. The van der Waals surface area contributed by atoms with Gasteiger partial charge in [0.2, 0.25) is 0 Å². The summed E-state index contributed by atoms with van der Waals surface area (Å²) in [5, 5.41) is 10.4. The molecule has 0 unspecified atom stereocenters. The second-order valence-electron chi connectivity index (χ2n) is 5.88. The van der Waals surface area contributed by atoms with Gasteiger partial charge in [0.15, 0.2) is 0 Å². The molecule has 0 heterocycles. The summed E-state index contributed by atoms with van der Waals surface area (Å²) in [7, 11) is 0. The van der Waals surface area contributed by atoms with Crippen molar-refractivity contribution >= 4 is 0 Å². The molecule has 0 radical (unpaired) electrons. The molecule has 0 aromatic heterocycles. The molecule has 1 aliphatic rings. The fourth-order valence-corrected chi connectivity index (χ4v) is 3.00. The van der Waals surface area contributed by atoms with Crippen LogP contribution in [0.15, 0.2) is 30.3 Å². The van der Waals surface area contributed by atoms with E-state index in [0.29, 0.717) is 6.42 Å². The first-order chi connectivity index (χ1) is 9.39. The van der Waals surface area contributed by atoms with Gasteiger partial charge in [-0.15, -0.1) is 0 Å². The van der Waals surface area contributed by atoms with E-state index in [1.165, 1.54) is 5.56 Å². The van der Waals surface area contributed by atoms with E-state index in [1.54, 1.807) is 0 Å². The van der Waals surface area contributed by atoms with Gasteiger partial charge in [-0.3, -0.25) is 0 Å². The van der Waals surface area contributed by atoms with E-state index < -0.39 is 17.7 Å². The molecule has 4 heteroatoms. The minimum atomic E-state index is -4.11. The summed E-state index contributed by atoms with van der Waals surface area (Å²) in [5.41, 5.74) is 0.316. The van der Waals surface area contributed by atoms with Gasteiger partial charge in [0, 0.05) is 0 Å². The summed E-state index contributed by atoms with van der Waals surface area (Å²) in [6.07, 6.45) is -1.17. The quantitative estimate of drug-likeness (QED) is 0.864. The van der Waals surface area contributed by atoms with Crippen LogP contribution in [0.25, 0.3) is 0 Å². The van der Waals surface area contributed by atoms with Gasteiger partial charge in [-0.05, 0) is 50.5 Å². The smallest absolute Gasteiger partial charge is 0.390 e. The lowest BCUT2D eigenvalue weighted by Gasteiger charge is -2.36. The van der Waals surface area contributed by atoms with Crippen molar-refractivity contribution in [2.24, 2.45) is 5.92 Å². The number of benzene rings is 1. The largest absolute Gasteiger partial charge is 0.391 e. The maximum absolute atomic E-state index is 12.6. The Hall–Kier alpha value is -1.03. The van der Waals surface area contributed by atoms with Crippen molar-refractivity contribution in [3.63, 3.8) is 0 Å². The van der Waals surface area contributed by atoms with Gasteiger partial charge in [0.25, 0.3) is 0 Å². The molecule has 2 rings (SSSR count). The first-order valence-corrected chi connectivity index (χ1v) is 7.22. The standard InChI is InChI=1S/C16H21F3O/c17-16(18,19)14-8-11-15(20,12-9-14)10-4-7-13-5-2-1-3-6-13/h1-3,5-6,14,20H,4,7-12H2. The summed E-state index contributed by atoms with van der Waals surface area (Å²) in [6, 6.07) is 9.96. The molecule has 0 bridgehead atoms. The number of aryl methyl sites for hydroxylation is 1. The highest BCUT2D eigenvalue weighted by atomic mass is 19.4. The fraction of sp³-hybridized carbons (Fsp3) is 0.625. The fourth-order valence-electron chi connectivity index (χ4n) is 3.00. The first kappa shape index (κ1) is 15.4. The van der Waals surface area contributed by atoms with Crippen LogP contribution in [-0.4, -0.2) is 16.9 Å². The highest BCUT2D eigenvalue weighted by molar-refractivity contribution is 5.14. The Morgan fingerprint density at radius 3 is 2.25 bits per heavy atom. The third-order valence-electron chi connectivity index (χ3n) is 4.33. The Labute approximate surface area is 117 Å². The topological polar surface area (TPSA) is 20.2 Å². The lowest BCUT2D eigenvalue weighted by atomic mass is 9.76. The van der Waals surface area contributed by atoms with Crippen LogP contribution in [0, 0.1) is 5.92 Å². The number of hydrogen-bond acceptors (Lipinski definition) is 1. The molecule has 1 aromatic carbocycles. The Kier molecular flexibility index (Phi) is 4.74. The average molecular weight is 286 g/mol. The minimum Gasteiger partial charge on any atom is -0.390 e. The summed E-state index contributed by atoms with van der Waals surface area (Å²) in [4.78, 5) is 0. The van der Waals surface area contributed by atoms with Gasteiger partial charge in [0.05, 0.1) is 11.5 Å². The van der Waals surface area contributed by atoms with Crippen LogP contribution >= 0.6 is 0 Å². The van der Waals surface area contributed by atoms with Crippen LogP contribution in [-0.2, 0) is 6.42 Å². The second kappa shape index (κ2) is 6.17. The Balaban J connectivity index is 1.76. The van der Waals surface area contributed by atoms with Gasteiger partial charge in [-0.1, -0.05) is 30.3 Å². The summed E-state index contributed by atoms with van der Waals surface area (Å²) < 4.78 is 37.8. The molecule has 1 fully saturated rings. The van der Waals surface area contributed by atoms with Gasteiger partial charge < -0.3 is 5.11 Å². The van der Waals surface area contributed by atoms with E-state index in [0.717, 1.165) is 12.8 Å². The van der Waals surface area contributed by atoms with Crippen LogP contribution in [0.5, 0.6) is 0 Å². The zero-order valence-electron chi connectivity index (χ0n) is 11.5. The average Bonchev–Trinajstić information content (AvgIpc) is 2.39. The summed E-state index contributed by atoms with van der Waals surface area (Å²) in [5.74, 6) is -1.23. The van der Waals surface area contributed by atoms with E-state index in [1.807, 2.05) is 30.3 Å². The summed E-state index contributed by atoms with van der Waals surface area (Å²) >= 11 is 0. The van der Waals surface area contributed by atoms with Crippen LogP contribution < -0.4 is 0 Å². The van der Waals surface area contributed by atoms with Crippen molar-refractivity contribution < 1.29 is 18.3 Å². The van der Waals surface area contributed by atoms with Crippen LogP contribution in [0.3, 0.4) is 0 Å². The van der Waals surface area contributed by atoms with Crippen molar-refractivity contribution in [1.82, 2.24) is 0 Å². The molecule has 1 nitrogen and oxygen atoms in total. The van der Waals surface area contributed by atoms with Crippen molar-refractivity contribution in [3.8, 4) is 0 Å². The molecule has 0 saturated heterocycles. The maximum Gasteiger partial charge on any atom is 0.391 e. The van der Waals surface area contributed by atoms with Crippen molar-refractivity contribution in [1.29, 1.82) is 0 Å². The SMILES string of the molecule is OC1(CCCc2ccccc2)CCC(C(F)(F)F)CC1. The first-order valence-electron chi connectivity index (χ1n) is 7.22. The molecule has 0 spiro atoms. The van der Waals surface area contributed by atoms with E-state index in [9.17, 15) is 18.3 Å². The Morgan fingerprint density at radius 2 is 1.70 bits per heavy atom. The van der Waals surface area contributed by atoms with Gasteiger partial charge >= 0.3 is 6.18 Å². The molecular formula is C16H21F3O. The van der Waals surface area contributed by atoms with Gasteiger partial charge in [0.1, 0.15) is 0 Å². The van der Waals surface area contributed by atoms with Gasteiger partial charge in [-0.25, -0.2) is 0 Å². The third-order valence-corrected chi connectivity index (χ3v) is 4.33. The van der Waals surface area contributed by atoms with Crippen LogP contribution in [0.2, 0.25) is 0 Å². The van der Waals surface area contributed by atoms with Crippen LogP contribution in [0.1, 0.15) is 44.1 Å². The molecule has 0 atom stereocenters. The number of aliphatic hydroxyl groups is 1. The minimum absolute atomic E-state index is 0.0609. The van der Waals surface area contributed by atoms with E-state index in [2.05, 4.69) is 0 Å². The molecule has 1 aliphatic carbocycles. The number of halogens is 3. The molecule has 20 heavy (non-hydrogen) atoms. The summed E-state index contributed by atoms with van der Waals surface area (Å²) in [6.45, 7) is 0. The molecule has 1 N–H and O–H groups in total. The lowest BCUT2D eigenvalue weighted by Crippen LogP contribution is -2.38.